The number of nitrogens with zero attached hydrogens (tertiary/aromatic N) is 5. The molecule has 3 heterocycles. The zero-order valence-corrected chi connectivity index (χ0v) is 13.2. The van der Waals surface area contributed by atoms with Gasteiger partial charge in [-0.05, 0) is 25.8 Å². The third-order valence-corrected chi connectivity index (χ3v) is 4.56. The molecular weight excluding hydrogens is 300 g/mol. The Morgan fingerprint density at radius 1 is 1.22 bits per heavy atom. The average Bonchev–Trinajstić information content (AvgIpc) is 3.24. The predicted molar refractivity (Wildman–Crippen MR) is 82.4 cm³/mol. The second kappa shape index (κ2) is 4.84. The van der Waals surface area contributed by atoms with E-state index in [1.54, 1.807) is 22.6 Å². The Labute approximate surface area is 131 Å². The van der Waals surface area contributed by atoms with Crippen molar-refractivity contribution in [1.29, 1.82) is 0 Å². The first-order chi connectivity index (χ1) is 11.0. The van der Waals surface area contributed by atoms with Crippen molar-refractivity contribution >= 4 is 11.0 Å². The van der Waals surface area contributed by atoms with Crippen LogP contribution in [0, 0.1) is 6.92 Å². The normalized spacial score (nSPS) is 15.0. The van der Waals surface area contributed by atoms with Gasteiger partial charge in [0.1, 0.15) is 0 Å². The molecule has 3 aromatic rings. The molecule has 23 heavy (non-hydrogen) atoms. The summed E-state index contributed by atoms with van der Waals surface area (Å²) in [7, 11) is 3.58. The molecule has 0 spiro atoms. The van der Waals surface area contributed by atoms with E-state index < -0.39 is 6.43 Å². The van der Waals surface area contributed by atoms with Crippen LogP contribution < -0.4 is 0 Å². The molecule has 7 heteroatoms. The van der Waals surface area contributed by atoms with Gasteiger partial charge in [-0.2, -0.15) is 10.2 Å². The molecule has 0 radical (unpaired) electrons. The minimum Gasteiger partial charge on any atom is -0.272 e. The van der Waals surface area contributed by atoms with E-state index in [-0.39, 0.29) is 5.56 Å². The number of fused-ring (bicyclic) bond motifs is 1. The predicted octanol–water partition coefficient (Wildman–Crippen LogP) is 3.49. The molecule has 3 aromatic heterocycles. The van der Waals surface area contributed by atoms with Crippen LogP contribution in [0.25, 0.3) is 22.3 Å². The molecule has 120 valence electrons. The van der Waals surface area contributed by atoms with Gasteiger partial charge in [-0.25, -0.2) is 13.8 Å². The first kappa shape index (κ1) is 14.3. The van der Waals surface area contributed by atoms with Gasteiger partial charge in [0.2, 0.25) is 0 Å². The van der Waals surface area contributed by atoms with E-state index in [9.17, 15) is 8.78 Å². The lowest BCUT2D eigenvalue weighted by Gasteiger charge is -2.08. The van der Waals surface area contributed by atoms with Crippen molar-refractivity contribution in [3.8, 4) is 11.3 Å². The highest BCUT2D eigenvalue weighted by molar-refractivity contribution is 5.86. The van der Waals surface area contributed by atoms with Gasteiger partial charge in [-0.3, -0.25) is 9.36 Å². The molecule has 0 bridgehead atoms. The van der Waals surface area contributed by atoms with E-state index in [4.69, 9.17) is 0 Å². The van der Waals surface area contributed by atoms with E-state index in [1.807, 2.05) is 14.0 Å². The fourth-order valence-electron chi connectivity index (χ4n) is 3.01. The largest absolute Gasteiger partial charge is 0.272 e. The van der Waals surface area contributed by atoms with Gasteiger partial charge in [0.05, 0.1) is 23.0 Å². The molecule has 5 nitrogen and oxygen atoms in total. The molecule has 1 saturated carbocycles. The third-order valence-electron chi connectivity index (χ3n) is 4.56. The highest BCUT2D eigenvalue weighted by Crippen LogP contribution is 2.44. The van der Waals surface area contributed by atoms with E-state index >= 15 is 0 Å². The Hall–Kier alpha value is -2.31. The number of aryl methyl sites for hydroxylation is 2. The fraction of sp³-hybridized carbons (Fsp3) is 0.438. The summed E-state index contributed by atoms with van der Waals surface area (Å²) in [6.07, 6.45) is 1.13. The Balaban J connectivity index is 2.01. The van der Waals surface area contributed by atoms with Gasteiger partial charge in [-0.15, -0.1) is 0 Å². The van der Waals surface area contributed by atoms with Crippen LogP contribution in [0.3, 0.4) is 0 Å². The summed E-state index contributed by atoms with van der Waals surface area (Å²) in [6, 6.07) is 1.49. The van der Waals surface area contributed by atoms with Crippen molar-refractivity contribution in [2.75, 3.05) is 0 Å². The molecule has 1 aliphatic carbocycles. The van der Waals surface area contributed by atoms with Crippen molar-refractivity contribution in [2.45, 2.75) is 32.1 Å². The smallest absolute Gasteiger partial charge is 0.264 e. The van der Waals surface area contributed by atoms with E-state index in [2.05, 4.69) is 15.2 Å². The molecule has 1 fully saturated rings. The molecule has 0 N–H and O–H groups in total. The molecule has 1 aliphatic rings. The van der Waals surface area contributed by atoms with Crippen LogP contribution in [0.15, 0.2) is 12.3 Å². The average molecular weight is 317 g/mol. The lowest BCUT2D eigenvalue weighted by molar-refractivity contribution is 0.153. The number of hydrogen-bond donors (Lipinski definition) is 0. The van der Waals surface area contributed by atoms with Crippen LogP contribution in [0.5, 0.6) is 0 Å². The van der Waals surface area contributed by atoms with E-state index in [0.717, 1.165) is 29.8 Å². The number of hydrogen-bond acceptors (Lipinski definition) is 3. The maximum atomic E-state index is 13.7. The Morgan fingerprint density at radius 2 is 1.96 bits per heavy atom. The molecular formula is C16H17F2N5. The van der Waals surface area contributed by atoms with Crippen molar-refractivity contribution < 1.29 is 8.78 Å². The molecule has 0 saturated heterocycles. The number of pyridine rings is 1. The summed E-state index contributed by atoms with van der Waals surface area (Å²) < 4.78 is 30.7. The SMILES string of the molecule is Cc1c(-c2cc(C(F)F)c3c(C4CC4)nn(C)c3n2)cnn1C. The van der Waals surface area contributed by atoms with Gasteiger partial charge in [0.25, 0.3) is 6.43 Å². The van der Waals surface area contributed by atoms with Gasteiger partial charge in [0.15, 0.2) is 5.65 Å². The summed E-state index contributed by atoms with van der Waals surface area (Å²) in [5, 5.41) is 9.16. The Morgan fingerprint density at radius 3 is 2.52 bits per heavy atom. The summed E-state index contributed by atoms with van der Waals surface area (Å²) in [5.41, 5.74) is 3.47. The molecule has 0 unspecified atom stereocenters. The second-order valence-corrected chi connectivity index (χ2v) is 6.15. The van der Waals surface area contributed by atoms with Gasteiger partial charge in [0, 0.05) is 36.8 Å². The maximum Gasteiger partial charge on any atom is 0.264 e. The summed E-state index contributed by atoms with van der Waals surface area (Å²) >= 11 is 0. The van der Waals surface area contributed by atoms with Crippen molar-refractivity contribution in [2.24, 2.45) is 14.1 Å². The number of alkyl halides is 2. The minimum atomic E-state index is -2.56. The minimum absolute atomic E-state index is 0.0169. The van der Waals surface area contributed by atoms with Crippen LogP contribution in [0.1, 0.15) is 42.1 Å². The topological polar surface area (TPSA) is 48.5 Å². The third kappa shape index (κ3) is 2.14. The molecule has 0 amide bonds. The molecule has 0 aromatic carbocycles. The maximum absolute atomic E-state index is 13.7. The van der Waals surface area contributed by atoms with Crippen LogP contribution in [-0.4, -0.2) is 24.5 Å². The number of rotatable bonds is 3. The quantitative estimate of drug-likeness (QED) is 0.743. The highest BCUT2D eigenvalue weighted by atomic mass is 19.3. The lowest BCUT2D eigenvalue weighted by Crippen LogP contribution is -1.98. The molecule has 0 aliphatic heterocycles. The summed E-state index contributed by atoms with van der Waals surface area (Å²) in [6.45, 7) is 1.90. The van der Waals surface area contributed by atoms with Crippen LogP contribution >= 0.6 is 0 Å². The zero-order chi connectivity index (χ0) is 16.3. The fourth-order valence-corrected chi connectivity index (χ4v) is 3.01. The number of halogens is 2. The monoisotopic (exact) mass is 317 g/mol. The van der Waals surface area contributed by atoms with Crippen molar-refractivity contribution in [1.82, 2.24) is 24.5 Å². The number of aromatic nitrogens is 5. The van der Waals surface area contributed by atoms with Crippen LogP contribution in [0.4, 0.5) is 8.78 Å². The van der Waals surface area contributed by atoms with E-state index in [1.165, 1.54) is 6.07 Å². The first-order valence-electron chi connectivity index (χ1n) is 7.62. The zero-order valence-electron chi connectivity index (χ0n) is 13.2. The van der Waals surface area contributed by atoms with Gasteiger partial charge >= 0.3 is 0 Å². The molecule has 0 atom stereocenters. The first-order valence-corrected chi connectivity index (χ1v) is 7.62. The van der Waals surface area contributed by atoms with Crippen molar-refractivity contribution in [3.05, 3.63) is 29.2 Å². The van der Waals surface area contributed by atoms with E-state index in [0.29, 0.717) is 22.6 Å². The van der Waals surface area contributed by atoms with Gasteiger partial charge in [-0.1, -0.05) is 0 Å². The lowest BCUT2D eigenvalue weighted by atomic mass is 10.0. The van der Waals surface area contributed by atoms with Crippen molar-refractivity contribution in [3.63, 3.8) is 0 Å². The highest BCUT2D eigenvalue weighted by Gasteiger charge is 2.32. The standard InChI is InChI=1S/C16H17F2N5/c1-8-11(7-19-22(8)2)12-6-10(15(17)18)13-14(9-4-5-9)21-23(3)16(13)20-12/h6-7,9,15H,4-5H2,1-3H3. The van der Waals surface area contributed by atoms with Gasteiger partial charge < -0.3 is 0 Å². The van der Waals surface area contributed by atoms with Crippen LogP contribution in [0.2, 0.25) is 0 Å². The Bertz CT molecular complexity index is 905. The summed E-state index contributed by atoms with van der Waals surface area (Å²) in [4.78, 5) is 4.61. The second-order valence-electron chi connectivity index (χ2n) is 6.15. The molecule has 4 rings (SSSR count). The van der Waals surface area contributed by atoms with Crippen LogP contribution in [-0.2, 0) is 14.1 Å². The summed E-state index contributed by atoms with van der Waals surface area (Å²) in [5.74, 6) is 0.295. The Kier molecular flexibility index (Phi) is 3.01.